The van der Waals surface area contributed by atoms with Crippen molar-refractivity contribution in [2.45, 2.75) is 155 Å². The molecule has 0 aromatic carbocycles. The van der Waals surface area contributed by atoms with Crippen molar-refractivity contribution in [3.63, 3.8) is 0 Å². The van der Waals surface area contributed by atoms with Crippen LogP contribution in [0.1, 0.15) is 136 Å². The van der Waals surface area contributed by atoms with Gasteiger partial charge in [0.25, 0.3) is 0 Å². The zero-order chi connectivity index (χ0) is 36.8. The fraction of sp³-hybridized carbons (Fsp3) is 0.727. The van der Waals surface area contributed by atoms with Crippen LogP contribution in [-0.4, -0.2) is 96.3 Å². The Morgan fingerprint density at radius 1 is 0.480 bits per heavy atom. The average Bonchev–Trinajstić information content (AvgIpc) is 3.10. The van der Waals surface area contributed by atoms with Crippen molar-refractivity contribution in [3.8, 4) is 0 Å². The number of allylic oxidation sites excluding steroid dienone is 12. The summed E-state index contributed by atoms with van der Waals surface area (Å²) in [7, 11) is 2.14. The molecule has 0 fully saturated rings. The monoisotopic (exact) mass is 700 g/mol. The second-order valence-electron chi connectivity index (χ2n) is 14.0. The highest BCUT2D eigenvalue weighted by Gasteiger charge is 2.16. The van der Waals surface area contributed by atoms with Gasteiger partial charge in [0.2, 0.25) is 0 Å². The molecule has 6 heteroatoms. The molecule has 3 atom stereocenters. The molecule has 0 amide bonds. The first-order valence-electron chi connectivity index (χ1n) is 20.4. The molecule has 0 saturated heterocycles. The minimum Gasteiger partial charge on any atom is -0.392 e. The molecule has 0 spiro atoms. The van der Waals surface area contributed by atoms with E-state index >= 15 is 0 Å². The smallest absolute Gasteiger partial charge is 0.0667 e. The number of unbranched alkanes of at least 4 members (excludes halogenated alkanes) is 9. The van der Waals surface area contributed by atoms with Crippen LogP contribution in [0.3, 0.4) is 0 Å². The topological polar surface area (TPSA) is 79.2 Å². The van der Waals surface area contributed by atoms with E-state index in [0.717, 1.165) is 135 Å². The van der Waals surface area contributed by atoms with Crippen LogP contribution in [0.4, 0.5) is 0 Å². The van der Waals surface area contributed by atoms with Gasteiger partial charge in [-0.25, -0.2) is 0 Å². The quantitative estimate of drug-likeness (QED) is 0.0386. The zero-order valence-corrected chi connectivity index (χ0v) is 33.1. The van der Waals surface area contributed by atoms with Crippen molar-refractivity contribution in [1.29, 1.82) is 0 Å². The summed E-state index contributed by atoms with van der Waals surface area (Å²) in [4.78, 5) is 4.58. The normalized spacial score (nSPS) is 14.8. The maximum Gasteiger partial charge on any atom is 0.0667 e. The third kappa shape index (κ3) is 36.0. The van der Waals surface area contributed by atoms with Crippen molar-refractivity contribution in [3.05, 3.63) is 72.9 Å². The molecule has 6 nitrogen and oxygen atoms in total. The first kappa shape index (κ1) is 48.2. The van der Waals surface area contributed by atoms with E-state index in [-0.39, 0.29) is 18.3 Å². The van der Waals surface area contributed by atoms with Gasteiger partial charge in [-0.05, 0) is 105 Å². The van der Waals surface area contributed by atoms with Gasteiger partial charge in [-0.3, -0.25) is 4.90 Å². The highest BCUT2D eigenvalue weighted by atomic mass is 16.3. The minimum atomic E-state index is -0.366. The van der Waals surface area contributed by atoms with Crippen LogP contribution in [0.5, 0.6) is 0 Å². The summed E-state index contributed by atoms with van der Waals surface area (Å²) < 4.78 is 0. The lowest BCUT2D eigenvalue weighted by molar-refractivity contribution is 0.0564. The van der Waals surface area contributed by atoms with E-state index in [1.807, 2.05) is 0 Å². The number of hydrogen-bond acceptors (Lipinski definition) is 6. The van der Waals surface area contributed by atoms with E-state index in [0.29, 0.717) is 19.6 Å². The van der Waals surface area contributed by atoms with Crippen molar-refractivity contribution in [2.75, 3.05) is 52.9 Å². The molecule has 0 aliphatic carbocycles. The number of aliphatic hydroxyl groups is 3. The third-order valence-corrected chi connectivity index (χ3v) is 9.03. The molecule has 0 bridgehead atoms. The summed E-state index contributed by atoms with van der Waals surface area (Å²) in [5.74, 6) is 0. The molecule has 0 aliphatic heterocycles. The Labute approximate surface area is 310 Å². The Balaban J connectivity index is 4.47. The van der Waals surface area contributed by atoms with Gasteiger partial charge in [0.15, 0.2) is 0 Å². The Morgan fingerprint density at radius 2 is 0.900 bits per heavy atom. The van der Waals surface area contributed by atoms with Gasteiger partial charge in [0.05, 0.1) is 18.3 Å². The summed E-state index contributed by atoms with van der Waals surface area (Å²) in [6.45, 7) is 11.5. The fourth-order valence-electron chi connectivity index (χ4n) is 5.84. The van der Waals surface area contributed by atoms with E-state index in [2.05, 4.69) is 116 Å². The first-order chi connectivity index (χ1) is 24.4. The SMILES string of the molecule is C/C=C\C/C=C\CCCCCC(O)CNCCN(C)CCN(CC(O)CCCCC/C=C\C/C=C\C)CC(O)CCCCC/C=C\C/C=C\C. The molecule has 0 aromatic rings. The number of nitrogens with zero attached hydrogens (tertiary/aromatic N) is 2. The van der Waals surface area contributed by atoms with Crippen LogP contribution in [0, 0.1) is 0 Å². The molecule has 0 heterocycles. The maximum atomic E-state index is 10.9. The van der Waals surface area contributed by atoms with Crippen LogP contribution < -0.4 is 5.32 Å². The number of rotatable bonds is 36. The van der Waals surface area contributed by atoms with E-state index in [1.165, 1.54) is 6.42 Å². The lowest BCUT2D eigenvalue weighted by Gasteiger charge is -2.29. The lowest BCUT2D eigenvalue weighted by atomic mass is 10.1. The molecule has 0 radical (unpaired) electrons. The van der Waals surface area contributed by atoms with Crippen LogP contribution in [0.15, 0.2) is 72.9 Å². The van der Waals surface area contributed by atoms with Gasteiger partial charge >= 0.3 is 0 Å². The number of nitrogens with one attached hydrogen (secondary N) is 1. The molecule has 0 saturated carbocycles. The molecule has 0 rings (SSSR count). The number of likely N-dealkylation sites (N-methyl/N-ethyl adjacent to an activating group) is 1. The largest absolute Gasteiger partial charge is 0.392 e. The van der Waals surface area contributed by atoms with Gasteiger partial charge in [-0.2, -0.15) is 0 Å². The predicted molar refractivity (Wildman–Crippen MR) is 220 cm³/mol. The predicted octanol–water partition coefficient (Wildman–Crippen LogP) is 9.31. The summed E-state index contributed by atoms with van der Waals surface area (Å²) in [5.41, 5.74) is 0. The Kier molecular flexibility index (Phi) is 37.0. The summed E-state index contributed by atoms with van der Waals surface area (Å²) in [6.07, 6.45) is 44.2. The van der Waals surface area contributed by atoms with E-state index in [4.69, 9.17) is 0 Å². The van der Waals surface area contributed by atoms with E-state index in [1.54, 1.807) is 0 Å². The van der Waals surface area contributed by atoms with Gasteiger partial charge < -0.3 is 25.5 Å². The van der Waals surface area contributed by atoms with Gasteiger partial charge in [0.1, 0.15) is 0 Å². The van der Waals surface area contributed by atoms with Crippen molar-refractivity contribution in [2.24, 2.45) is 0 Å². The maximum absolute atomic E-state index is 10.9. The Bertz CT molecular complexity index is 840. The number of aliphatic hydroxyl groups excluding tert-OH is 3. The van der Waals surface area contributed by atoms with Crippen molar-refractivity contribution < 1.29 is 15.3 Å². The van der Waals surface area contributed by atoms with Gasteiger partial charge in [-0.1, -0.05) is 111 Å². The molecule has 4 N–H and O–H groups in total. The van der Waals surface area contributed by atoms with Gasteiger partial charge in [-0.15, -0.1) is 0 Å². The minimum absolute atomic E-state index is 0.289. The molecule has 50 heavy (non-hydrogen) atoms. The Hall–Kier alpha value is -1.80. The van der Waals surface area contributed by atoms with Crippen LogP contribution in [0.25, 0.3) is 0 Å². The Morgan fingerprint density at radius 3 is 1.32 bits per heavy atom. The van der Waals surface area contributed by atoms with Gasteiger partial charge in [0, 0.05) is 45.8 Å². The molecule has 0 aromatic heterocycles. The first-order valence-corrected chi connectivity index (χ1v) is 20.4. The van der Waals surface area contributed by atoms with Crippen LogP contribution in [-0.2, 0) is 0 Å². The summed E-state index contributed by atoms with van der Waals surface area (Å²) in [5, 5.41) is 35.6. The second-order valence-corrected chi connectivity index (χ2v) is 14.0. The van der Waals surface area contributed by atoms with Crippen molar-refractivity contribution >= 4 is 0 Å². The summed E-state index contributed by atoms with van der Waals surface area (Å²) >= 11 is 0. The highest BCUT2D eigenvalue weighted by Crippen LogP contribution is 2.12. The molecule has 3 unspecified atom stereocenters. The lowest BCUT2D eigenvalue weighted by Crippen LogP contribution is -2.43. The fourth-order valence-corrected chi connectivity index (χ4v) is 5.84. The van der Waals surface area contributed by atoms with E-state index in [9.17, 15) is 15.3 Å². The van der Waals surface area contributed by atoms with Crippen molar-refractivity contribution in [1.82, 2.24) is 15.1 Å². The molecule has 290 valence electrons. The standard InChI is InChI=1S/C44H81N3O3/c1-5-8-11-14-17-20-23-26-29-32-42(48)39-45-35-36-46(4)37-38-47(40-43(49)33-30-27-24-21-18-15-12-9-6-2)41-44(50)34-31-28-25-22-19-16-13-10-7-3/h5-10,14-19,42-45,48-50H,11-13,20-41H2,1-4H3/b8-5-,9-6-,10-7-,17-14-,18-15-,19-16-. The second kappa shape index (κ2) is 38.4. The average molecular weight is 700 g/mol. The van der Waals surface area contributed by atoms with Crippen LogP contribution in [0.2, 0.25) is 0 Å². The zero-order valence-electron chi connectivity index (χ0n) is 33.1. The molecule has 0 aliphatic rings. The van der Waals surface area contributed by atoms with Crippen LogP contribution >= 0.6 is 0 Å². The van der Waals surface area contributed by atoms with E-state index < -0.39 is 0 Å². The summed E-state index contributed by atoms with van der Waals surface area (Å²) in [6, 6.07) is 0. The number of hydrogen-bond donors (Lipinski definition) is 4. The third-order valence-electron chi connectivity index (χ3n) is 9.03. The molecular weight excluding hydrogens is 619 g/mol. The molecular formula is C44H81N3O3. The highest BCUT2D eigenvalue weighted by molar-refractivity contribution is 4.92.